The Hall–Kier alpha value is -2.53. The lowest BCUT2D eigenvalue weighted by molar-refractivity contribution is -0.118. The van der Waals surface area contributed by atoms with Crippen molar-refractivity contribution >= 4 is 11.6 Å². The zero-order valence-corrected chi connectivity index (χ0v) is 14.2. The van der Waals surface area contributed by atoms with Crippen molar-refractivity contribution in [3.05, 3.63) is 53.6 Å². The van der Waals surface area contributed by atoms with Crippen molar-refractivity contribution in [3.8, 4) is 11.5 Å². The highest BCUT2D eigenvalue weighted by Gasteiger charge is 2.10. The number of rotatable bonds is 8. The van der Waals surface area contributed by atoms with Gasteiger partial charge in [0.1, 0.15) is 0 Å². The van der Waals surface area contributed by atoms with Gasteiger partial charge in [0.25, 0.3) is 5.91 Å². The van der Waals surface area contributed by atoms with Crippen molar-refractivity contribution in [2.45, 2.75) is 20.3 Å². The Morgan fingerprint density at radius 1 is 1.12 bits per heavy atom. The van der Waals surface area contributed by atoms with Crippen LogP contribution >= 0.6 is 0 Å². The van der Waals surface area contributed by atoms with Crippen molar-refractivity contribution in [1.82, 2.24) is 0 Å². The number of para-hydroxylation sites is 1. The molecule has 24 heavy (non-hydrogen) atoms. The molecule has 0 saturated heterocycles. The summed E-state index contributed by atoms with van der Waals surface area (Å²) in [5, 5.41) is 2.84. The summed E-state index contributed by atoms with van der Waals surface area (Å²) in [6.07, 6.45) is 0.772. The molecule has 2 rings (SSSR count). The Kier molecular flexibility index (Phi) is 6.63. The molecule has 0 aliphatic carbocycles. The van der Waals surface area contributed by atoms with E-state index in [0.29, 0.717) is 24.7 Å². The zero-order chi connectivity index (χ0) is 17.4. The number of nitrogens with two attached hydrogens (primary N) is 1. The number of benzene rings is 2. The second-order valence-electron chi connectivity index (χ2n) is 5.40. The number of hydrogen-bond donors (Lipinski definition) is 2. The number of aryl methyl sites for hydroxylation is 1. The summed E-state index contributed by atoms with van der Waals surface area (Å²) in [7, 11) is 0. The predicted molar refractivity (Wildman–Crippen MR) is 95.7 cm³/mol. The molecule has 0 aromatic heterocycles. The maximum atomic E-state index is 12.1. The summed E-state index contributed by atoms with van der Waals surface area (Å²) >= 11 is 0. The van der Waals surface area contributed by atoms with Crippen LogP contribution in [-0.2, 0) is 11.2 Å². The van der Waals surface area contributed by atoms with E-state index in [1.54, 1.807) is 0 Å². The summed E-state index contributed by atoms with van der Waals surface area (Å²) in [5.41, 5.74) is 8.46. The van der Waals surface area contributed by atoms with E-state index in [1.165, 1.54) is 0 Å². The van der Waals surface area contributed by atoms with Gasteiger partial charge in [-0.3, -0.25) is 4.79 Å². The molecule has 0 fully saturated rings. The van der Waals surface area contributed by atoms with Crippen molar-refractivity contribution in [2.75, 3.05) is 25.1 Å². The van der Waals surface area contributed by atoms with Gasteiger partial charge in [0.15, 0.2) is 18.1 Å². The molecule has 1 amide bonds. The molecule has 128 valence electrons. The van der Waals surface area contributed by atoms with Crippen molar-refractivity contribution in [1.29, 1.82) is 0 Å². The number of amides is 1. The van der Waals surface area contributed by atoms with Crippen LogP contribution < -0.4 is 20.5 Å². The highest BCUT2D eigenvalue weighted by Crippen LogP contribution is 2.28. The fourth-order valence-electron chi connectivity index (χ4n) is 2.30. The molecule has 2 aromatic rings. The van der Waals surface area contributed by atoms with Gasteiger partial charge in [0, 0.05) is 5.69 Å². The van der Waals surface area contributed by atoms with Crippen molar-refractivity contribution < 1.29 is 14.3 Å². The largest absolute Gasteiger partial charge is 0.490 e. The summed E-state index contributed by atoms with van der Waals surface area (Å²) < 4.78 is 11.2. The second-order valence-corrected chi connectivity index (χ2v) is 5.40. The Labute approximate surface area is 142 Å². The maximum Gasteiger partial charge on any atom is 0.262 e. The lowest BCUT2D eigenvalue weighted by Crippen LogP contribution is -2.20. The summed E-state index contributed by atoms with van der Waals surface area (Å²) in [5.74, 6) is 0.975. The van der Waals surface area contributed by atoms with Gasteiger partial charge in [-0.1, -0.05) is 24.3 Å². The fraction of sp³-hybridized carbons (Fsp3) is 0.316. The summed E-state index contributed by atoms with van der Waals surface area (Å²) in [6.45, 7) is 4.87. The van der Waals surface area contributed by atoms with Gasteiger partial charge in [-0.05, 0) is 56.1 Å². The molecule has 0 radical (unpaired) electrons. The Bertz CT molecular complexity index is 686. The monoisotopic (exact) mass is 328 g/mol. The standard InChI is InChI=1S/C19H24N2O3/c1-3-23-18-12-15(10-11-20)8-9-17(18)24-13-19(22)21-16-7-5-4-6-14(16)2/h4-9,12H,3,10-11,13,20H2,1-2H3,(H,21,22). The van der Waals surface area contributed by atoms with Crippen LogP contribution in [0, 0.1) is 6.92 Å². The quantitative estimate of drug-likeness (QED) is 0.781. The van der Waals surface area contributed by atoms with Gasteiger partial charge in [-0.2, -0.15) is 0 Å². The first-order chi connectivity index (χ1) is 11.6. The van der Waals surface area contributed by atoms with Gasteiger partial charge in [0.05, 0.1) is 6.61 Å². The van der Waals surface area contributed by atoms with E-state index in [1.807, 2.05) is 56.3 Å². The molecule has 0 heterocycles. The number of anilines is 1. The molecule has 0 unspecified atom stereocenters. The molecular weight excluding hydrogens is 304 g/mol. The Balaban J connectivity index is 2.00. The minimum absolute atomic E-state index is 0.0787. The van der Waals surface area contributed by atoms with E-state index < -0.39 is 0 Å². The van der Waals surface area contributed by atoms with Crippen LogP contribution in [0.25, 0.3) is 0 Å². The van der Waals surface area contributed by atoms with Crippen LogP contribution in [-0.4, -0.2) is 25.7 Å². The van der Waals surface area contributed by atoms with E-state index >= 15 is 0 Å². The molecule has 0 aliphatic heterocycles. The smallest absolute Gasteiger partial charge is 0.262 e. The number of ether oxygens (including phenoxy) is 2. The van der Waals surface area contributed by atoms with E-state index in [9.17, 15) is 4.79 Å². The summed E-state index contributed by atoms with van der Waals surface area (Å²) in [6, 6.07) is 13.3. The predicted octanol–water partition coefficient (Wildman–Crippen LogP) is 2.91. The third kappa shape index (κ3) is 4.99. The van der Waals surface area contributed by atoms with E-state index in [4.69, 9.17) is 15.2 Å². The molecule has 2 aromatic carbocycles. The molecule has 5 heteroatoms. The summed E-state index contributed by atoms with van der Waals surface area (Å²) in [4.78, 5) is 12.1. The molecule has 0 spiro atoms. The first-order valence-corrected chi connectivity index (χ1v) is 8.08. The molecule has 0 bridgehead atoms. The normalized spacial score (nSPS) is 10.3. The van der Waals surface area contributed by atoms with Gasteiger partial charge in [-0.15, -0.1) is 0 Å². The zero-order valence-electron chi connectivity index (χ0n) is 14.2. The van der Waals surface area contributed by atoms with E-state index in [0.717, 1.165) is 23.2 Å². The average Bonchev–Trinajstić information content (AvgIpc) is 2.57. The molecule has 0 saturated carbocycles. The first-order valence-electron chi connectivity index (χ1n) is 8.08. The minimum atomic E-state index is -0.210. The highest BCUT2D eigenvalue weighted by atomic mass is 16.5. The van der Waals surface area contributed by atoms with Crippen LogP contribution in [0.2, 0.25) is 0 Å². The van der Waals surface area contributed by atoms with Crippen LogP contribution in [0.15, 0.2) is 42.5 Å². The fourth-order valence-corrected chi connectivity index (χ4v) is 2.30. The maximum absolute atomic E-state index is 12.1. The van der Waals surface area contributed by atoms with Crippen molar-refractivity contribution in [2.24, 2.45) is 5.73 Å². The molecular formula is C19H24N2O3. The third-order valence-electron chi connectivity index (χ3n) is 3.52. The van der Waals surface area contributed by atoms with E-state index in [-0.39, 0.29) is 12.5 Å². The molecule has 5 nitrogen and oxygen atoms in total. The van der Waals surface area contributed by atoms with Crippen LogP contribution in [0.1, 0.15) is 18.1 Å². The lowest BCUT2D eigenvalue weighted by atomic mass is 10.1. The SMILES string of the molecule is CCOc1cc(CCN)ccc1OCC(=O)Nc1ccccc1C. The number of hydrogen-bond acceptors (Lipinski definition) is 4. The van der Waals surface area contributed by atoms with Gasteiger partial charge in [-0.25, -0.2) is 0 Å². The van der Waals surface area contributed by atoms with E-state index in [2.05, 4.69) is 5.32 Å². The van der Waals surface area contributed by atoms with Crippen molar-refractivity contribution in [3.63, 3.8) is 0 Å². The van der Waals surface area contributed by atoms with Crippen LogP contribution in [0.4, 0.5) is 5.69 Å². The van der Waals surface area contributed by atoms with Crippen LogP contribution in [0.5, 0.6) is 11.5 Å². The highest BCUT2D eigenvalue weighted by molar-refractivity contribution is 5.92. The lowest BCUT2D eigenvalue weighted by Gasteiger charge is -2.14. The average molecular weight is 328 g/mol. The third-order valence-corrected chi connectivity index (χ3v) is 3.52. The number of carbonyl (C=O) groups excluding carboxylic acids is 1. The van der Waals surface area contributed by atoms with Gasteiger partial charge < -0.3 is 20.5 Å². The molecule has 0 atom stereocenters. The number of carbonyl (C=O) groups is 1. The Morgan fingerprint density at radius 2 is 1.92 bits per heavy atom. The second kappa shape index (κ2) is 8.93. The Morgan fingerprint density at radius 3 is 2.62 bits per heavy atom. The molecule has 3 N–H and O–H groups in total. The van der Waals surface area contributed by atoms with Crippen LogP contribution in [0.3, 0.4) is 0 Å². The van der Waals surface area contributed by atoms with Gasteiger partial charge in [0.2, 0.25) is 0 Å². The topological polar surface area (TPSA) is 73.6 Å². The van der Waals surface area contributed by atoms with Gasteiger partial charge >= 0.3 is 0 Å². The first kappa shape index (κ1) is 17.8. The molecule has 0 aliphatic rings. The number of nitrogens with one attached hydrogen (secondary N) is 1. The minimum Gasteiger partial charge on any atom is -0.490 e.